The molecule has 0 bridgehead atoms. The molecule has 0 aromatic rings. The lowest BCUT2D eigenvalue weighted by molar-refractivity contribution is -0.154. The monoisotopic (exact) mass is 695 g/mol. The van der Waals surface area contributed by atoms with Crippen molar-refractivity contribution in [3.8, 4) is 0 Å². The Bertz CT molecular complexity index is 907. The highest BCUT2D eigenvalue weighted by Gasteiger charge is 2.13. The molecular formula is C46H78O4. The third-order valence-electron chi connectivity index (χ3n) is 8.45. The Hall–Kier alpha value is -2.43. The minimum absolute atomic E-state index is 0.194. The van der Waals surface area contributed by atoms with Crippen LogP contribution in [0.2, 0.25) is 0 Å². The number of esters is 1. The molecule has 1 unspecified atom stereocenters. The fourth-order valence-electron chi connectivity index (χ4n) is 5.38. The zero-order valence-corrected chi connectivity index (χ0v) is 32.6. The van der Waals surface area contributed by atoms with Crippen molar-refractivity contribution < 1.29 is 19.4 Å². The fourth-order valence-corrected chi connectivity index (χ4v) is 5.38. The van der Waals surface area contributed by atoms with E-state index >= 15 is 0 Å². The van der Waals surface area contributed by atoms with Crippen molar-refractivity contribution in [2.24, 2.45) is 0 Å². The summed E-state index contributed by atoms with van der Waals surface area (Å²) < 4.78 is 11.1. The summed E-state index contributed by atoms with van der Waals surface area (Å²) in [4.78, 5) is 12.2. The Labute approximate surface area is 310 Å². The lowest BCUT2D eigenvalue weighted by Crippen LogP contribution is -2.27. The maximum absolute atomic E-state index is 12.2. The molecule has 0 saturated heterocycles. The van der Waals surface area contributed by atoms with Crippen LogP contribution in [0.1, 0.15) is 174 Å². The molecule has 0 aliphatic carbocycles. The van der Waals surface area contributed by atoms with Gasteiger partial charge in [-0.25, -0.2) is 0 Å². The van der Waals surface area contributed by atoms with Crippen LogP contribution in [0.25, 0.3) is 0 Å². The minimum atomic E-state index is -0.561. The summed E-state index contributed by atoms with van der Waals surface area (Å²) in [5, 5.41) is 9.59. The predicted molar refractivity (Wildman–Crippen MR) is 219 cm³/mol. The second kappa shape index (κ2) is 42.7. The quantitative estimate of drug-likeness (QED) is 0.0399. The molecule has 0 aliphatic heterocycles. The molecule has 0 radical (unpaired) electrons. The fraction of sp³-hybridized carbons (Fsp3) is 0.674. The van der Waals surface area contributed by atoms with E-state index in [0.717, 1.165) is 83.5 Å². The van der Waals surface area contributed by atoms with Gasteiger partial charge in [-0.1, -0.05) is 163 Å². The second-order valence-corrected chi connectivity index (χ2v) is 13.3. The van der Waals surface area contributed by atoms with Crippen LogP contribution < -0.4 is 0 Å². The third kappa shape index (κ3) is 40.0. The number of hydrogen-bond donors (Lipinski definition) is 1. The van der Waals surface area contributed by atoms with Gasteiger partial charge < -0.3 is 14.6 Å². The summed E-state index contributed by atoms with van der Waals surface area (Å²) in [6, 6.07) is 0. The van der Waals surface area contributed by atoms with Crippen LogP contribution in [0.5, 0.6) is 0 Å². The van der Waals surface area contributed by atoms with Crippen molar-refractivity contribution in [2.75, 3.05) is 19.8 Å². The summed E-state index contributed by atoms with van der Waals surface area (Å²) in [5.41, 5.74) is 0. The van der Waals surface area contributed by atoms with Crippen LogP contribution in [0.4, 0.5) is 0 Å². The first-order chi connectivity index (χ1) is 24.7. The summed E-state index contributed by atoms with van der Waals surface area (Å²) in [7, 11) is 0. The highest BCUT2D eigenvalue weighted by molar-refractivity contribution is 5.69. The van der Waals surface area contributed by atoms with Crippen molar-refractivity contribution in [3.05, 3.63) is 85.1 Å². The predicted octanol–water partition coefficient (Wildman–Crippen LogP) is 13.6. The summed E-state index contributed by atoms with van der Waals surface area (Å²) >= 11 is 0. The van der Waals surface area contributed by atoms with Crippen molar-refractivity contribution >= 4 is 5.97 Å². The molecule has 1 atom stereocenters. The van der Waals surface area contributed by atoms with Crippen molar-refractivity contribution in [2.45, 2.75) is 180 Å². The van der Waals surface area contributed by atoms with Crippen LogP contribution in [0.15, 0.2) is 85.1 Å². The molecule has 0 rings (SSSR count). The van der Waals surface area contributed by atoms with Gasteiger partial charge in [0.1, 0.15) is 6.10 Å². The summed E-state index contributed by atoms with van der Waals surface area (Å²) in [6.07, 6.45) is 59.2. The van der Waals surface area contributed by atoms with Gasteiger partial charge in [-0.15, -0.1) is 0 Å². The Balaban J connectivity index is 3.57. The Morgan fingerprint density at radius 1 is 0.500 bits per heavy atom. The van der Waals surface area contributed by atoms with Gasteiger partial charge in [0.15, 0.2) is 0 Å². The number of allylic oxidation sites excluding steroid dienone is 14. The number of unbranched alkanes of at least 4 members (excludes halogenated alkanes) is 15. The number of hydrogen-bond acceptors (Lipinski definition) is 4. The summed E-state index contributed by atoms with van der Waals surface area (Å²) in [6.45, 7) is 5.13. The van der Waals surface area contributed by atoms with Crippen LogP contribution in [0, 0.1) is 0 Å². The molecule has 0 aromatic carbocycles. The largest absolute Gasteiger partial charge is 0.457 e. The Morgan fingerprint density at radius 2 is 0.900 bits per heavy atom. The normalized spacial score (nSPS) is 13.3. The number of aliphatic hydroxyl groups is 1. The SMILES string of the molecule is CC/C=C\C/C=C\C/C=C\C/C=C\C/C=C\C/C=C\CCCCCOCC(CO)OC(=O)CCCCCCC/C=C\CCCCCCCCC. The van der Waals surface area contributed by atoms with Gasteiger partial charge in [-0.05, 0) is 89.9 Å². The smallest absolute Gasteiger partial charge is 0.306 e. The first-order valence-electron chi connectivity index (χ1n) is 20.7. The molecule has 4 heteroatoms. The standard InChI is InChI=1S/C46H78O4/c1-3-5-7-9-11-13-15-17-19-21-22-23-24-25-26-28-30-32-34-36-38-40-42-49-44-45(43-47)50-46(48)41-39-37-35-33-31-29-27-20-18-16-14-12-10-8-6-4-2/h5,7,11,13,17,19-20,22-23,25-27,30,32,45,47H,3-4,6,8-10,12,14-16,18,21,24,28-29,31,33-44H2,1-2H3/b7-5-,13-11-,19-17-,23-22-,26-25-,27-20-,32-30-. The van der Waals surface area contributed by atoms with Crippen LogP contribution in [-0.2, 0) is 14.3 Å². The molecule has 50 heavy (non-hydrogen) atoms. The molecule has 1 N–H and O–H groups in total. The molecule has 0 aromatic heterocycles. The molecule has 4 nitrogen and oxygen atoms in total. The van der Waals surface area contributed by atoms with Gasteiger partial charge in [0.25, 0.3) is 0 Å². The molecule has 0 aliphatic rings. The molecule has 0 fully saturated rings. The number of aliphatic hydroxyl groups excluding tert-OH is 1. The first-order valence-corrected chi connectivity index (χ1v) is 20.7. The van der Waals surface area contributed by atoms with E-state index in [1.165, 1.54) is 70.6 Å². The van der Waals surface area contributed by atoms with E-state index in [2.05, 4.69) is 98.9 Å². The molecule has 286 valence electrons. The zero-order valence-electron chi connectivity index (χ0n) is 32.6. The van der Waals surface area contributed by atoms with Crippen molar-refractivity contribution in [1.29, 1.82) is 0 Å². The van der Waals surface area contributed by atoms with Crippen LogP contribution in [-0.4, -0.2) is 37.0 Å². The van der Waals surface area contributed by atoms with Gasteiger partial charge in [-0.2, -0.15) is 0 Å². The van der Waals surface area contributed by atoms with E-state index in [4.69, 9.17) is 9.47 Å². The highest BCUT2D eigenvalue weighted by atomic mass is 16.6. The average Bonchev–Trinajstić information content (AvgIpc) is 3.12. The maximum Gasteiger partial charge on any atom is 0.306 e. The van der Waals surface area contributed by atoms with E-state index < -0.39 is 6.10 Å². The van der Waals surface area contributed by atoms with Gasteiger partial charge in [0, 0.05) is 13.0 Å². The molecule has 0 spiro atoms. The molecule has 0 heterocycles. The maximum atomic E-state index is 12.2. The minimum Gasteiger partial charge on any atom is -0.457 e. The van der Waals surface area contributed by atoms with Gasteiger partial charge in [0.2, 0.25) is 0 Å². The van der Waals surface area contributed by atoms with Gasteiger partial charge in [0.05, 0.1) is 13.2 Å². The number of carbonyl (C=O) groups excluding carboxylic acids is 1. The third-order valence-corrected chi connectivity index (χ3v) is 8.45. The topological polar surface area (TPSA) is 55.8 Å². The van der Waals surface area contributed by atoms with E-state index in [1.54, 1.807) is 0 Å². The van der Waals surface area contributed by atoms with Crippen LogP contribution in [0.3, 0.4) is 0 Å². The van der Waals surface area contributed by atoms with E-state index in [-0.39, 0.29) is 19.2 Å². The average molecular weight is 695 g/mol. The molecule has 0 amide bonds. The molecular weight excluding hydrogens is 617 g/mol. The first kappa shape index (κ1) is 47.6. The Kier molecular flexibility index (Phi) is 40.7. The zero-order chi connectivity index (χ0) is 36.3. The van der Waals surface area contributed by atoms with Crippen molar-refractivity contribution in [3.63, 3.8) is 0 Å². The van der Waals surface area contributed by atoms with E-state index in [0.29, 0.717) is 13.0 Å². The van der Waals surface area contributed by atoms with Gasteiger partial charge in [-0.3, -0.25) is 4.79 Å². The number of rotatable bonds is 37. The van der Waals surface area contributed by atoms with E-state index in [9.17, 15) is 9.90 Å². The lowest BCUT2D eigenvalue weighted by Gasteiger charge is -2.15. The Morgan fingerprint density at radius 3 is 1.38 bits per heavy atom. The second-order valence-electron chi connectivity index (χ2n) is 13.3. The molecule has 0 saturated carbocycles. The number of ether oxygens (including phenoxy) is 2. The lowest BCUT2D eigenvalue weighted by atomic mass is 10.1. The summed E-state index contributed by atoms with van der Waals surface area (Å²) in [5.74, 6) is -0.225. The van der Waals surface area contributed by atoms with E-state index in [1.807, 2.05) is 0 Å². The number of carbonyl (C=O) groups is 1. The van der Waals surface area contributed by atoms with Crippen LogP contribution >= 0.6 is 0 Å². The van der Waals surface area contributed by atoms with Crippen molar-refractivity contribution in [1.82, 2.24) is 0 Å². The van der Waals surface area contributed by atoms with Gasteiger partial charge >= 0.3 is 5.97 Å². The highest BCUT2D eigenvalue weighted by Crippen LogP contribution is 2.11.